The zero-order valence-electron chi connectivity index (χ0n) is 28.2. The smallest absolute Gasteiger partial charge is 0.416 e. The molecule has 2 aromatic rings. The van der Waals surface area contributed by atoms with Crippen LogP contribution in [0.3, 0.4) is 0 Å². The van der Waals surface area contributed by atoms with E-state index in [0.29, 0.717) is 43.6 Å². The number of allylic oxidation sites excluding steroid dienone is 1. The average Bonchev–Trinajstić information content (AvgIpc) is 3.98. The Kier molecular flexibility index (Phi) is 9.92. The summed E-state index contributed by atoms with van der Waals surface area (Å²) in [5.41, 5.74) is -1.57. The van der Waals surface area contributed by atoms with Gasteiger partial charge in [0.15, 0.2) is 0 Å². The molecule has 0 bridgehead atoms. The highest BCUT2D eigenvalue weighted by Gasteiger charge is 2.62. The number of ether oxygens (including phenoxy) is 1. The standard InChI is InChI=1S/C35H40F3N5O7S/c1-20-8-7-10-28(39-20)25-14-11-21(35(36,37)38)16-29(25)40-33(47)50-23-17-26-27(18-23)31(45)43(2)15-6-4-3-5-9-22-19-34(22,41-30(26)44)32(46)42-51(48,49)24-12-13-24/h5,7-11,14,16,22-24,26-27H,3-4,6,12-13,15,17-19H2,1-2H3,(H,40,47)(H,41,44)(H,42,46)/b9-5+. The van der Waals surface area contributed by atoms with Crippen LogP contribution in [0.5, 0.6) is 0 Å². The SMILES string of the molecule is Cc1cccc(-c2ccc(C(F)(F)F)cc2NC(=O)OC2CC3C(=O)NC4(C(=O)NS(=O)(=O)C5CC5)CC4/C=C/CCCCN(C)C(=O)C3C2)n1. The van der Waals surface area contributed by atoms with E-state index in [9.17, 15) is 40.8 Å². The van der Waals surface area contributed by atoms with Gasteiger partial charge in [-0.2, -0.15) is 13.2 Å². The van der Waals surface area contributed by atoms with Crippen molar-refractivity contribution in [2.24, 2.45) is 17.8 Å². The van der Waals surface area contributed by atoms with Crippen LogP contribution < -0.4 is 15.4 Å². The molecule has 1 aliphatic heterocycles. The minimum Gasteiger partial charge on any atom is -0.446 e. The van der Waals surface area contributed by atoms with Crippen molar-refractivity contribution in [3.63, 3.8) is 0 Å². The molecular weight excluding hydrogens is 691 g/mol. The Morgan fingerprint density at radius 3 is 2.53 bits per heavy atom. The number of benzene rings is 1. The highest BCUT2D eigenvalue weighted by Crippen LogP contribution is 2.47. The maximum atomic E-state index is 14.0. The van der Waals surface area contributed by atoms with Gasteiger partial charge < -0.3 is 15.0 Å². The number of hydrogen-bond acceptors (Lipinski definition) is 8. The average molecular weight is 732 g/mol. The molecular formula is C35H40F3N5O7S. The minimum atomic E-state index is -4.70. The van der Waals surface area contributed by atoms with Crippen LogP contribution in [-0.2, 0) is 35.3 Å². The van der Waals surface area contributed by atoms with Crippen LogP contribution in [0.1, 0.15) is 62.6 Å². The van der Waals surface area contributed by atoms with Crippen molar-refractivity contribution in [2.45, 2.75) is 81.4 Å². The van der Waals surface area contributed by atoms with E-state index in [1.807, 2.05) is 6.08 Å². The number of aryl methyl sites for hydroxylation is 1. The van der Waals surface area contributed by atoms with Gasteiger partial charge >= 0.3 is 12.3 Å². The molecule has 0 saturated heterocycles. The summed E-state index contributed by atoms with van der Waals surface area (Å²) < 4.78 is 74.1. The number of amides is 4. The monoisotopic (exact) mass is 731 g/mol. The quantitative estimate of drug-likeness (QED) is 0.360. The van der Waals surface area contributed by atoms with Crippen LogP contribution in [0.15, 0.2) is 48.6 Å². The molecule has 4 aliphatic rings. The number of sulfonamides is 1. The summed E-state index contributed by atoms with van der Waals surface area (Å²) in [6, 6.07) is 7.87. The predicted octanol–water partition coefficient (Wildman–Crippen LogP) is 4.70. The second-order valence-electron chi connectivity index (χ2n) is 13.9. The second kappa shape index (κ2) is 13.9. The van der Waals surface area contributed by atoms with E-state index in [2.05, 4.69) is 20.3 Å². The molecule has 5 unspecified atom stereocenters. The first-order chi connectivity index (χ1) is 24.1. The van der Waals surface area contributed by atoms with Crippen molar-refractivity contribution in [2.75, 3.05) is 18.9 Å². The third-order valence-electron chi connectivity index (χ3n) is 10.0. The summed E-state index contributed by atoms with van der Waals surface area (Å²) in [5.74, 6) is -4.31. The highest BCUT2D eigenvalue weighted by atomic mass is 32.2. The summed E-state index contributed by atoms with van der Waals surface area (Å²) in [4.78, 5) is 60.3. The summed E-state index contributed by atoms with van der Waals surface area (Å²) in [6.45, 7) is 2.14. The molecule has 3 aliphatic carbocycles. The van der Waals surface area contributed by atoms with Gasteiger partial charge in [-0.15, -0.1) is 0 Å². The van der Waals surface area contributed by atoms with Crippen molar-refractivity contribution in [1.29, 1.82) is 0 Å². The molecule has 0 radical (unpaired) electrons. The number of fused-ring (bicyclic) bond motifs is 2. The van der Waals surface area contributed by atoms with Gasteiger partial charge in [0, 0.05) is 30.8 Å². The van der Waals surface area contributed by atoms with Gasteiger partial charge in [-0.05, 0) is 82.6 Å². The number of hydrogen-bond donors (Lipinski definition) is 3. The summed E-state index contributed by atoms with van der Waals surface area (Å²) in [6.07, 6.45) is -0.110. The lowest BCUT2D eigenvalue weighted by atomic mass is 9.93. The fraction of sp³-hybridized carbons (Fsp3) is 0.514. The number of aromatic nitrogens is 1. The molecule has 4 amide bonds. The van der Waals surface area contributed by atoms with Crippen LogP contribution in [0.4, 0.5) is 23.7 Å². The maximum Gasteiger partial charge on any atom is 0.416 e. The Morgan fingerprint density at radius 2 is 1.82 bits per heavy atom. The molecule has 1 aromatic heterocycles. The molecule has 16 heteroatoms. The van der Waals surface area contributed by atoms with Crippen molar-refractivity contribution < 1.29 is 45.5 Å². The predicted molar refractivity (Wildman–Crippen MR) is 179 cm³/mol. The Morgan fingerprint density at radius 1 is 1.08 bits per heavy atom. The van der Waals surface area contributed by atoms with Gasteiger partial charge in [-0.1, -0.05) is 24.3 Å². The van der Waals surface area contributed by atoms with E-state index >= 15 is 0 Å². The fourth-order valence-corrected chi connectivity index (χ4v) is 8.29. The first-order valence-electron chi connectivity index (χ1n) is 17.0. The lowest BCUT2D eigenvalue weighted by Crippen LogP contribution is -2.54. The number of nitrogens with one attached hydrogen (secondary N) is 3. The van der Waals surface area contributed by atoms with Crippen LogP contribution >= 0.6 is 0 Å². The molecule has 6 rings (SSSR count). The van der Waals surface area contributed by atoms with Crippen LogP contribution in [-0.4, -0.2) is 72.6 Å². The van der Waals surface area contributed by atoms with E-state index in [1.54, 1.807) is 38.2 Å². The number of carbonyl (C=O) groups excluding carboxylic acids is 4. The van der Waals surface area contributed by atoms with E-state index in [-0.39, 0.29) is 36.4 Å². The molecule has 274 valence electrons. The Labute approximate surface area is 293 Å². The van der Waals surface area contributed by atoms with Crippen molar-refractivity contribution in [1.82, 2.24) is 19.9 Å². The summed E-state index contributed by atoms with van der Waals surface area (Å²) >= 11 is 0. The Balaban J connectivity index is 1.23. The molecule has 3 N–H and O–H groups in total. The van der Waals surface area contributed by atoms with Crippen molar-refractivity contribution >= 4 is 39.5 Å². The molecule has 1 aromatic carbocycles. The van der Waals surface area contributed by atoms with E-state index < -0.39 is 74.3 Å². The van der Waals surface area contributed by atoms with Crippen LogP contribution in [0.25, 0.3) is 11.3 Å². The molecule has 51 heavy (non-hydrogen) atoms. The molecule has 5 atom stereocenters. The zero-order chi connectivity index (χ0) is 36.7. The van der Waals surface area contributed by atoms with Gasteiger partial charge in [0.25, 0.3) is 5.91 Å². The number of rotatable bonds is 6. The summed E-state index contributed by atoms with van der Waals surface area (Å²) in [7, 11) is -2.29. The molecule has 12 nitrogen and oxygen atoms in total. The lowest BCUT2D eigenvalue weighted by molar-refractivity contribution is -0.140. The van der Waals surface area contributed by atoms with Gasteiger partial charge in [0.05, 0.1) is 34.0 Å². The van der Waals surface area contributed by atoms with Gasteiger partial charge in [-0.3, -0.25) is 29.4 Å². The lowest BCUT2D eigenvalue weighted by Gasteiger charge is -2.26. The molecule has 2 heterocycles. The molecule has 0 spiro atoms. The number of carbonyl (C=O) groups is 4. The minimum absolute atomic E-state index is 0.0534. The summed E-state index contributed by atoms with van der Waals surface area (Å²) in [5, 5.41) is 4.52. The third-order valence-corrected chi connectivity index (χ3v) is 11.8. The fourth-order valence-electron chi connectivity index (χ4n) is 6.92. The highest BCUT2D eigenvalue weighted by molar-refractivity contribution is 7.91. The van der Waals surface area contributed by atoms with Gasteiger partial charge in [0.1, 0.15) is 11.6 Å². The van der Waals surface area contributed by atoms with Gasteiger partial charge in [-0.25, -0.2) is 13.2 Å². The zero-order valence-corrected chi connectivity index (χ0v) is 29.0. The van der Waals surface area contributed by atoms with E-state index in [4.69, 9.17) is 4.74 Å². The largest absolute Gasteiger partial charge is 0.446 e. The molecule has 3 fully saturated rings. The maximum absolute atomic E-state index is 14.0. The first-order valence-corrected chi connectivity index (χ1v) is 18.5. The van der Waals surface area contributed by atoms with Crippen LogP contribution in [0.2, 0.25) is 0 Å². The number of anilines is 1. The second-order valence-corrected chi connectivity index (χ2v) is 15.9. The van der Waals surface area contributed by atoms with E-state index in [1.165, 1.54) is 11.0 Å². The van der Waals surface area contributed by atoms with Crippen molar-refractivity contribution in [3.05, 3.63) is 59.8 Å². The third kappa shape index (κ3) is 8.05. The van der Waals surface area contributed by atoms with Gasteiger partial charge in [0.2, 0.25) is 21.8 Å². The number of nitrogens with zero attached hydrogens (tertiary/aromatic N) is 2. The Hall–Kier alpha value is -4.47. The number of halogens is 3. The van der Waals surface area contributed by atoms with E-state index in [0.717, 1.165) is 18.6 Å². The number of alkyl halides is 3. The topological polar surface area (TPSA) is 164 Å². The number of pyridine rings is 1. The normalized spacial score (nSPS) is 27.7. The van der Waals surface area contributed by atoms with Crippen LogP contribution in [0, 0.1) is 24.7 Å². The Bertz CT molecular complexity index is 1870. The van der Waals surface area contributed by atoms with Crippen molar-refractivity contribution in [3.8, 4) is 11.3 Å². The molecule has 3 saturated carbocycles. The first kappa shape index (κ1) is 36.3.